The minimum absolute atomic E-state index is 0. The Morgan fingerprint density at radius 2 is 2.14 bits per heavy atom. The molecule has 0 bridgehead atoms. The molecule has 1 aliphatic rings. The minimum atomic E-state index is 0. The van der Waals surface area contributed by atoms with Gasteiger partial charge in [0.15, 0.2) is 0 Å². The van der Waals surface area contributed by atoms with E-state index in [0.29, 0.717) is 24.9 Å². The van der Waals surface area contributed by atoms with E-state index in [9.17, 15) is 4.79 Å². The maximum absolute atomic E-state index is 12.4. The van der Waals surface area contributed by atoms with Crippen molar-refractivity contribution in [1.82, 2.24) is 10.3 Å². The van der Waals surface area contributed by atoms with Gasteiger partial charge in [0.2, 0.25) is 5.91 Å². The number of nitrogens with zero attached hydrogens (tertiary/aromatic N) is 1. The Labute approximate surface area is 179 Å². The summed E-state index contributed by atoms with van der Waals surface area (Å²) in [7, 11) is 0. The molecule has 5 nitrogen and oxygen atoms in total. The molecular weight excluding hydrogens is 397 g/mol. The average molecular weight is 426 g/mol. The van der Waals surface area contributed by atoms with Crippen molar-refractivity contribution in [3.05, 3.63) is 54.4 Å². The van der Waals surface area contributed by atoms with E-state index in [1.54, 1.807) is 6.20 Å². The highest BCUT2D eigenvalue weighted by Crippen LogP contribution is 2.24. The molecule has 1 aromatic carbocycles. The Balaban J connectivity index is 0.00000196. The van der Waals surface area contributed by atoms with Crippen molar-refractivity contribution in [2.75, 3.05) is 18.4 Å². The van der Waals surface area contributed by atoms with Crippen LogP contribution in [-0.4, -0.2) is 24.0 Å². The molecule has 2 unspecified atom stereocenters. The van der Waals surface area contributed by atoms with Crippen LogP contribution in [0, 0.1) is 11.8 Å². The molecule has 0 radical (unpaired) electrons. The number of ether oxygens (including phenoxy) is 1. The first-order chi connectivity index (χ1) is 12.7. The predicted octanol–water partition coefficient (Wildman–Crippen LogP) is 4.47. The number of carbonyl (C=O) groups is 1. The Bertz CT molecular complexity index is 710. The highest BCUT2D eigenvalue weighted by Gasteiger charge is 2.22. The number of aromatic nitrogens is 1. The fraction of sp³-hybridized carbons (Fsp3) is 0.429. The van der Waals surface area contributed by atoms with Crippen LogP contribution in [0.1, 0.15) is 31.9 Å². The average Bonchev–Trinajstić information content (AvgIpc) is 2.68. The van der Waals surface area contributed by atoms with E-state index in [1.165, 1.54) is 12.8 Å². The zero-order valence-corrected chi connectivity index (χ0v) is 17.7. The third-order valence-electron chi connectivity index (χ3n) is 4.88. The summed E-state index contributed by atoms with van der Waals surface area (Å²) in [5, 5.41) is 6.42. The molecule has 154 valence electrons. The second-order valence-electron chi connectivity index (χ2n) is 6.97. The van der Waals surface area contributed by atoms with Crippen molar-refractivity contribution in [2.24, 2.45) is 11.8 Å². The maximum atomic E-state index is 12.4. The van der Waals surface area contributed by atoms with Crippen LogP contribution >= 0.6 is 24.8 Å². The molecule has 1 amide bonds. The van der Waals surface area contributed by atoms with E-state index < -0.39 is 0 Å². The topological polar surface area (TPSA) is 63.2 Å². The lowest BCUT2D eigenvalue weighted by molar-refractivity contribution is -0.117. The summed E-state index contributed by atoms with van der Waals surface area (Å²) in [6, 6.07) is 13.3. The Kier molecular flexibility index (Phi) is 10.9. The maximum Gasteiger partial charge on any atom is 0.224 e. The third-order valence-corrected chi connectivity index (χ3v) is 4.88. The molecule has 2 N–H and O–H groups in total. The molecule has 3 rings (SSSR count). The van der Waals surface area contributed by atoms with E-state index in [2.05, 4.69) is 22.5 Å². The summed E-state index contributed by atoms with van der Waals surface area (Å²) in [4.78, 5) is 16.6. The van der Waals surface area contributed by atoms with Gasteiger partial charge in [-0.1, -0.05) is 19.1 Å². The fourth-order valence-electron chi connectivity index (χ4n) is 3.34. The molecule has 0 spiro atoms. The van der Waals surface area contributed by atoms with Gasteiger partial charge >= 0.3 is 0 Å². The van der Waals surface area contributed by atoms with Crippen molar-refractivity contribution < 1.29 is 9.53 Å². The standard InChI is InChI=1S/C21H27N3O2.2ClH/c1-16(17-6-5-10-22-14-17)12-21(25)24-18-8-4-9-20(13-18)26-15-19-7-2-3-11-23-19;;/h2-4,7-9,11,13,16-17,22H,5-6,10,12,14-15H2,1H3,(H,24,25);2*1H. The van der Waals surface area contributed by atoms with E-state index in [0.717, 1.165) is 30.2 Å². The Morgan fingerprint density at radius 3 is 2.86 bits per heavy atom. The number of hydrogen-bond acceptors (Lipinski definition) is 4. The second-order valence-corrected chi connectivity index (χ2v) is 6.97. The number of benzene rings is 1. The van der Waals surface area contributed by atoms with Crippen molar-refractivity contribution in [2.45, 2.75) is 32.8 Å². The lowest BCUT2D eigenvalue weighted by atomic mass is 9.85. The van der Waals surface area contributed by atoms with Crippen LogP contribution in [-0.2, 0) is 11.4 Å². The monoisotopic (exact) mass is 425 g/mol. The van der Waals surface area contributed by atoms with Gasteiger partial charge in [0.1, 0.15) is 12.4 Å². The van der Waals surface area contributed by atoms with Gasteiger partial charge in [-0.2, -0.15) is 0 Å². The van der Waals surface area contributed by atoms with Crippen LogP contribution in [0.25, 0.3) is 0 Å². The van der Waals surface area contributed by atoms with Crippen LogP contribution in [0.5, 0.6) is 5.75 Å². The van der Waals surface area contributed by atoms with E-state index >= 15 is 0 Å². The highest BCUT2D eigenvalue weighted by molar-refractivity contribution is 5.91. The summed E-state index contributed by atoms with van der Waals surface area (Å²) in [6.07, 6.45) is 4.70. The molecule has 28 heavy (non-hydrogen) atoms. The van der Waals surface area contributed by atoms with Gasteiger partial charge in [-0.25, -0.2) is 0 Å². The molecule has 7 heteroatoms. The minimum Gasteiger partial charge on any atom is -0.487 e. The molecule has 2 atom stereocenters. The van der Waals surface area contributed by atoms with Gasteiger partial charge in [0.25, 0.3) is 0 Å². The van der Waals surface area contributed by atoms with Gasteiger partial charge < -0.3 is 15.4 Å². The third kappa shape index (κ3) is 7.66. The van der Waals surface area contributed by atoms with E-state index in [-0.39, 0.29) is 30.7 Å². The number of anilines is 1. The van der Waals surface area contributed by atoms with E-state index in [1.807, 2.05) is 42.5 Å². The molecule has 1 saturated heterocycles. The van der Waals surface area contributed by atoms with Crippen LogP contribution < -0.4 is 15.4 Å². The highest BCUT2D eigenvalue weighted by atomic mass is 35.5. The summed E-state index contributed by atoms with van der Waals surface area (Å²) < 4.78 is 5.77. The Morgan fingerprint density at radius 1 is 1.29 bits per heavy atom. The number of halogens is 2. The summed E-state index contributed by atoms with van der Waals surface area (Å²) in [5.41, 5.74) is 1.64. The first-order valence-corrected chi connectivity index (χ1v) is 9.34. The van der Waals surface area contributed by atoms with Gasteiger partial charge in [-0.3, -0.25) is 9.78 Å². The molecule has 0 aliphatic carbocycles. The number of nitrogens with one attached hydrogen (secondary N) is 2. The molecule has 1 aromatic heterocycles. The molecular formula is C21H29Cl2N3O2. The van der Waals surface area contributed by atoms with Crippen LogP contribution in [0.4, 0.5) is 5.69 Å². The smallest absolute Gasteiger partial charge is 0.224 e. The number of hydrogen-bond donors (Lipinski definition) is 2. The lowest BCUT2D eigenvalue weighted by Gasteiger charge is -2.28. The molecule has 1 aliphatic heterocycles. The number of carbonyl (C=O) groups excluding carboxylic acids is 1. The van der Waals surface area contributed by atoms with Crippen molar-refractivity contribution in [3.63, 3.8) is 0 Å². The predicted molar refractivity (Wildman–Crippen MR) is 118 cm³/mol. The zero-order chi connectivity index (χ0) is 18.2. The van der Waals surface area contributed by atoms with E-state index in [4.69, 9.17) is 4.74 Å². The largest absolute Gasteiger partial charge is 0.487 e. The normalized spacial score (nSPS) is 16.8. The lowest BCUT2D eigenvalue weighted by Crippen LogP contribution is -2.34. The van der Waals surface area contributed by atoms with Gasteiger partial charge in [-0.15, -0.1) is 24.8 Å². The number of rotatable bonds is 7. The quantitative estimate of drug-likeness (QED) is 0.686. The van der Waals surface area contributed by atoms with Crippen molar-refractivity contribution in [3.8, 4) is 5.75 Å². The zero-order valence-electron chi connectivity index (χ0n) is 16.1. The number of amides is 1. The Hall–Kier alpha value is -1.82. The summed E-state index contributed by atoms with van der Waals surface area (Å²) in [6.45, 7) is 4.69. The van der Waals surface area contributed by atoms with Gasteiger partial charge in [0, 0.05) is 24.4 Å². The SMILES string of the molecule is CC(CC(=O)Nc1cccc(OCc2ccccn2)c1)C1CCCNC1.Cl.Cl. The first-order valence-electron chi connectivity index (χ1n) is 9.34. The summed E-state index contributed by atoms with van der Waals surface area (Å²) in [5.74, 6) is 1.75. The van der Waals surface area contributed by atoms with Gasteiger partial charge in [-0.05, 0) is 62.0 Å². The molecule has 2 heterocycles. The van der Waals surface area contributed by atoms with Crippen molar-refractivity contribution in [1.29, 1.82) is 0 Å². The van der Waals surface area contributed by atoms with Gasteiger partial charge in [0.05, 0.1) is 5.69 Å². The number of pyridine rings is 1. The summed E-state index contributed by atoms with van der Waals surface area (Å²) >= 11 is 0. The van der Waals surface area contributed by atoms with Crippen LogP contribution in [0.15, 0.2) is 48.7 Å². The first kappa shape index (κ1) is 24.2. The molecule has 0 saturated carbocycles. The van der Waals surface area contributed by atoms with Crippen LogP contribution in [0.3, 0.4) is 0 Å². The molecule has 1 fully saturated rings. The molecule has 2 aromatic rings. The van der Waals surface area contributed by atoms with Crippen LogP contribution in [0.2, 0.25) is 0 Å². The second kappa shape index (κ2) is 12.6. The fourth-order valence-corrected chi connectivity index (χ4v) is 3.34. The van der Waals surface area contributed by atoms with Crippen molar-refractivity contribution >= 4 is 36.4 Å². The number of piperidine rings is 1.